The van der Waals surface area contributed by atoms with E-state index in [4.69, 9.17) is 11.6 Å². The number of anilines is 2. The van der Waals surface area contributed by atoms with Crippen molar-refractivity contribution >= 4 is 60.9 Å². The Labute approximate surface area is 184 Å². The first-order chi connectivity index (χ1) is 13.7. The van der Waals surface area contributed by atoms with Gasteiger partial charge in [-0.15, -0.1) is 5.54 Å². The predicted molar refractivity (Wildman–Crippen MR) is 123 cm³/mol. The highest BCUT2D eigenvalue weighted by atomic mass is 79.9. The maximum atomic E-state index is 11.7. The van der Waals surface area contributed by atoms with E-state index in [1.54, 1.807) is 30.7 Å². The fourth-order valence-corrected chi connectivity index (χ4v) is 3.57. The molecule has 0 bridgehead atoms. The molecule has 146 valence electrons. The van der Waals surface area contributed by atoms with Gasteiger partial charge in [-0.3, -0.25) is 9.55 Å². The van der Waals surface area contributed by atoms with Gasteiger partial charge in [0.1, 0.15) is 19.6 Å². The molecule has 2 aromatic heterocycles. The molecule has 0 aliphatic heterocycles. The van der Waals surface area contributed by atoms with Crippen molar-refractivity contribution in [3.8, 4) is 22.7 Å². The lowest BCUT2D eigenvalue weighted by atomic mass is 10.1. The summed E-state index contributed by atoms with van der Waals surface area (Å²) >= 11 is 9.22. The summed E-state index contributed by atoms with van der Waals surface area (Å²) in [4.78, 5) is 16.8. The Morgan fingerprint density at radius 2 is 1.93 bits per heavy atom. The van der Waals surface area contributed by atoms with Crippen LogP contribution in [0.3, 0.4) is 0 Å². The van der Waals surface area contributed by atoms with Crippen LogP contribution in [0.2, 0.25) is 24.9 Å². The van der Waals surface area contributed by atoms with Crippen LogP contribution < -0.4 is 10.6 Å². The van der Waals surface area contributed by atoms with E-state index in [0.29, 0.717) is 32.7 Å². The molecule has 0 atom stereocenters. The molecule has 3 rings (SSSR count). The summed E-state index contributed by atoms with van der Waals surface area (Å²) in [6, 6.07) is 5.45. The third kappa shape index (κ3) is 5.91. The number of nitrogens with zero attached hydrogens (tertiary/aromatic N) is 4. The van der Waals surface area contributed by atoms with E-state index in [1.165, 1.54) is 0 Å². The predicted octanol–water partition coefficient (Wildman–Crippen LogP) is 5.24. The van der Waals surface area contributed by atoms with Gasteiger partial charge < -0.3 is 5.32 Å². The van der Waals surface area contributed by atoms with Crippen molar-refractivity contribution in [2.75, 3.05) is 5.32 Å². The second-order valence-electron chi connectivity index (χ2n) is 7.07. The minimum absolute atomic E-state index is 0.112. The number of aromatic nitrogens is 4. The quantitative estimate of drug-likeness (QED) is 0.227. The van der Waals surface area contributed by atoms with Crippen molar-refractivity contribution in [3.05, 3.63) is 52.2 Å². The van der Waals surface area contributed by atoms with Crippen LogP contribution in [0.25, 0.3) is 11.3 Å². The van der Waals surface area contributed by atoms with E-state index in [2.05, 4.69) is 72.3 Å². The molecule has 0 aliphatic rings. The second kappa shape index (κ2) is 9.10. The molecule has 10 heteroatoms. The van der Waals surface area contributed by atoms with E-state index in [1.807, 2.05) is 6.07 Å². The van der Waals surface area contributed by atoms with E-state index in [0.717, 1.165) is 5.56 Å². The van der Waals surface area contributed by atoms with Crippen LogP contribution in [-0.2, 0) is 4.57 Å². The van der Waals surface area contributed by atoms with Crippen molar-refractivity contribution in [1.29, 1.82) is 0 Å². The van der Waals surface area contributed by atoms with Crippen LogP contribution in [0, 0.1) is 11.5 Å². The number of benzene rings is 1. The average Bonchev–Trinajstić information content (AvgIpc) is 2.69. The summed E-state index contributed by atoms with van der Waals surface area (Å²) < 4.78 is 12.4. The molecular weight excluding hydrogens is 489 g/mol. The molecule has 0 saturated carbocycles. The maximum absolute atomic E-state index is 11.7. The van der Waals surface area contributed by atoms with Gasteiger partial charge in [0.25, 0.3) is 0 Å². The Balaban J connectivity index is 1.87. The second-order valence-corrected chi connectivity index (χ2v) is 13.7. The molecule has 0 radical (unpaired) electrons. The van der Waals surface area contributed by atoms with E-state index >= 15 is 0 Å². The first-order valence-corrected chi connectivity index (χ1v) is 14.0. The largest absolute Gasteiger partial charge is 0.338 e. The molecule has 0 saturated heterocycles. The first-order valence-electron chi connectivity index (χ1n) is 8.53. The third-order valence-corrected chi connectivity index (χ3v) is 5.78. The highest BCUT2D eigenvalue weighted by Crippen LogP contribution is 2.26. The van der Waals surface area contributed by atoms with Gasteiger partial charge in [0.05, 0.1) is 33.6 Å². The monoisotopic (exact) mass is 503 g/mol. The molecule has 0 amide bonds. The standard InChI is InChI=1S/C19H16BrClN5OPSi/c1-29(2,3)7-6-13-9-23-16(11-22-13)12-4-5-15(17(8-12)28-27)25-18-14(20)10-24-19(21)26-18/h4-5,8-11H,1-3H3,(H,24,25,26). The highest BCUT2D eigenvalue weighted by molar-refractivity contribution is 9.10. The zero-order valence-electron chi connectivity index (χ0n) is 15.9. The third-order valence-electron chi connectivity index (χ3n) is 3.58. The van der Waals surface area contributed by atoms with Crippen molar-refractivity contribution in [3.63, 3.8) is 0 Å². The highest BCUT2D eigenvalue weighted by Gasteiger charge is 2.11. The van der Waals surface area contributed by atoms with E-state index in [-0.39, 0.29) is 13.7 Å². The lowest BCUT2D eigenvalue weighted by molar-refractivity contribution is 0.603. The fraction of sp³-hybridized carbons (Fsp3) is 0.158. The summed E-state index contributed by atoms with van der Waals surface area (Å²) in [5.74, 6) is 3.56. The summed E-state index contributed by atoms with van der Waals surface area (Å²) in [6.07, 6.45) is 4.87. The van der Waals surface area contributed by atoms with Crippen molar-refractivity contribution in [2.24, 2.45) is 0 Å². The maximum Gasteiger partial charge on any atom is 0.224 e. The molecule has 0 aliphatic carbocycles. The Morgan fingerprint density at radius 1 is 1.14 bits per heavy atom. The fourth-order valence-electron chi connectivity index (χ4n) is 2.23. The van der Waals surface area contributed by atoms with E-state index < -0.39 is 8.07 Å². The minimum atomic E-state index is -1.47. The van der Waals surface area contributed by atoms with Crippen LogP contribution in [0.15, 0.2) is 41.3 Å². The van der Waals surface area contributed by atoms with Crippen LogP contribution in [0.1, 0.15) is 5.69 Å². The Hall–Kier alpha value is -2.17. The molecular formula is C19H16BrClN5OPSi. The zero-order chi connectivity index (χ0) is 21.0. The lowest BCUT2D eigenvalue weighted by Gasteiger charge is -2.10. The smallest absolute Gasteiger partial charge is 0.224 e. The van der Waals surface area contributed by atoms with Crippen molar-refractivity contribution in [1.82, 2.24) is 19.9 Å². The molecule has 0 spiro atoms. The topological polar surface area (TPSA) is 80.7 Å². The van der Waals surface area contributed by atoms with Gasteiger partial charge in [0.2, 0.25) is 5.28 Å². The molecule has 29 heavy (non-hydrogen) atoms. The number of hydrogen-bond acceptors (Lipinski definition) is 6. The van der Waals surface area contributed by atoms with Gasteiger partial charge in [-0.25, -0.2) is 9.97 Å². The molecule has 3 aromatic rings. The Bertz CT molecular complexity index is 1130. The van der Waals surface area contributed by atoms with Crippen molar-refractivity contribution < 1.29 is 4.57 Å². The van der Waals surface area contributed by atoms with Gasteiger partial charge in [-0.1, -0.05) is 31.6 Å². The number of nitrogens with one attached hydrogen (secondary N) is 1. The van der Waals surface area contributed by atoms with Crippen molar-refractivity contribution in [2.45, 2.75) is 19.6 Å². The summed E-state index contributed by atoms with van der Waals surface area (Å²) in [5.41, 5.74) is 6.01. The Morgan fingerprint density at radius 3 is 2.59 bits per heavy atom. The first kappa shape index (κ1) is 21.5. The Kier molecular flexibility index (Phi) is 6.76. The van der Waals surface area contributed by atoms with Gasteiger partial charge in [0.15, 0.2) is 8.46 Å². The molecule has 1 aromatic carbocycles. The molecule has 2 heterocycles. The van der Waals surface area contributed by atoms with Crippen LogP contribution in [-0.4, -0.2) is 28.0 Å². The molecule has 1 N–H and O–H groups in total. The number of hydrogen-bond donors (Lipinski definition) is 1. The van der Waals surface area contributed by atoms with Gasteiger partial charge in [-0.2, -0.15) is 4.98 Å². The average molecular weight is 505 g/mol. The summed E-state index contributed by atoms with van der Waals surface area (Å²) in [6.45, 7) is 6.53. The summed E-state index contributed by atoms with van der Waals surface area (Å²) in [5, 5.41) is 3.77. The van der Waals surface area contributed by atoms with Gasteiger partial charge in [0, 0.05) is 11.8 Å². The van der Waals surface area contributed by atoms with Crippen LogP contribution in [0.5, 0.6) is 0 Å². The van der Waals surface area contributed by atoms with Gasteiger partial charge >= 0.3 is 0 Å². The lowest BCUT2D eigenvalue weighted by Crippen LogP contribution is -2.16. The normalized spacial score (nSPS) is 11.1. The van der Waals surface area contributed by atoms with Crippen LogP contribution in [0.4, 0.5) is 11.5 Å². The zero-order valence-corrected chi connectivity index (χ0v) is 20.1. The summed E-state index contributed by atoms with van der Waals surface area (Å²) in [7, 11) is -1.61. The van der Waals surface area contributed by atoms with E-state index in [9.17, 15) is 4.57 Å². The SMILES string of the molecule is C[Si](C)(C)C#Cc1cnc(-c2ccc(Nc3nc(Cl)ncc3Br)c(P=O)c2)cn1. The molecule has 6 nitrogen and oxygen atoms in total. The minimum Gasteiger partial charge on any atom is -0.338 e. The van der Waals surface area contributed by atoms with Gasteiger partial charge in [-0.05, 0) is 39.7 Å². The van der Waals surface area contributed by atoms with Crippen LogP contribution >= 0.6 is 36.0 Å². The molecule has 0 fully saturated rings. The molecule has 0 unspecified atom stereocenters. The number of rotatable bonds is 4. The number of halogens is 2.